The zero-order chi connectivity index (χ0) is 15.2. The summed E-state index contributed by atoms with van der Waals surface area (Å²) in [6.45, 7) is 1.99. The van der Waals surface area contributed by atoms with E-state index in [1.807, 2.05) is 55.5 Å². The lowest BCUT2D eigenvalue weighted by atomic mass is 10.1. The van der Waals surface area contributed by atoms with Gasteiger partial charge in [0.15, 0.2) is 0 Å². The molecule has 0 bridgehead atoms. The van der Waals surface area contributed by atoms with E-state index in [4.69, 9.17) is 0 Å². The van der Waals surface area contributed by atoms with Crippen LogP contribution in [0.4, 0.5) is 0 Å². The molecule has 4 heteroatoms. The summed E-state index contributed by atoms with van der Waals surface area (Å²) in [4.78, 5) is 12.2. The van der Waals surface area contributed by atoms with E-state index in [9.17, 15) is 4.79 Å². The summed E-state index contributed by atoms with van der Waals surface area (Å²) in [5.41, 5.74) is 3.02. The van der Waals surface area contributed by atoms with Gasteiger partial charge in [-0.2, -0.15) is 11.8 Å². The van der Waals surface area contributed by atoms with E-state index in [2.05, 4.69) is 27.5 Å². The minimum atomic E-state index is -0.0406. The Balaban J connectivity index is 2.01. The average molecular weight is 364 g/mol. The SMILES string of the molecule is CSCc1ccc(C(=O)N[C@@H](C)c2ccc(Br)cc2)cc1. The van der Waals surface area contributed by atoms with E-state index in [1.54, 1.807) is 11.8 Å². The maximum atomic E-state index is 12.2. The first-order chi connectivity index (χ1) is 10.1. The van der Waals surface area contributed by atoms with Gasteiger partial charge in [-0.05, 0) is 48.6 Å². The first-order valence-corrected chi connectivity index (χ1v) is 8.93. The van der Waals surface area contributed by atoms with Crippen LogP contribution < -0.4 is 5.32 Å². The van der Waals surface area contributed by atoms with Crippen LogP contribution in [-0.4, -0.2) is 12.2 Å². The Morgan fingerprint density at radius 1 is 1.14 bits per heavy atom. The summed E-state index contributed by atoms with van der Waals surface area (Å²) >= 11 is 5.19. The van der Waals surface area contributed by atoms with Crippen molar-refractivity contribution in [1.29, 1.82) is 0 Å². The van der Waals surface area contributed by atoms with Crippen molar-refractivity contribution in [2.75, 3.05) is 6.26 Å². The van der Waals surface area contributed by atoms with Crippen molar-refractivity contribution < 1.29 is 4.79 Å². The molecule has 110 valence electrons. The van der Waals surface area contributed by atoms with Gasteiger partial charge in [-0.3, -0.25) is 4.79 Å². The molecule has 2 rings (SSSR count). The molecule has 0 aromatic heterocycles. The van der Waals surface area contributed by atoms with Crippen molar-refractivity contribution in [2.24, 2.45) is 0 Å². The van der Waals surface area contributed by atoms with Crippen molar-refractivity contribution in [3.05, 3.63) is 69.7 Å². The lowest BCUT2D eigenvalue weighted by Gasteiger charge is -2.14. The van der Waals surface area contributed by atoms with Crippen LogP contribution in [0.2, 0.25) is 0 Å². The highest BCUT2D eigenvalue weighted by Gasteiger charge is 2.11. The van der Waals surface area contributed by atoms with E-state index in [0.29, 0.717) is 5.56 Å². The molecule has 0 aliphatic rings. The number of hydrogen-bond acceptors (Lipinski definition) is 2. The number of benzene rings is 2. The van der Waals surface area contributed by atoms with Crippen molar-refractivity contribution in [1.82, 2.24) is 5.32 Å². The number of thioether (sulfide) groups is 1. The number of rotatable bonds is 5. The number of nitrogens with one attached hydrogen (secondary N) is 1. The fourth-order valence-corrected chi connectivity index (χ4v) is 2.82. The quantitative estimate of drug-likeness (QED) is 0.826. The highest BCUT2D eigenvalue weighted by Crippen LogP contribution is 2.17. The molecule has 0 radical (unpaired) electrons. The third kappa shape index (κ3) is 4.61. The summed E-state index contributed by atoms with van der Waals surface area (Å²) in [6, 6.07) is 15.8. The van der Waals surface area contributed by atoms with E-state index in [-0.39, 0.29) is 11.9 Å². The van der Waals surface area contributed by atoms with Gasteiger partial charge >= 0.3 is 0 Å². The highest BCUT2D eigenvalue weighted by atomic mass is 79.9. The summed E-state index contributed by atoms with van der Waals surface area (Å²) in [6.07, 6.45) is 2.07. The molecule has 0 saturated carbocycles. The third-order valence-electron chi connectivity index (χ3n) is 3.24. The lowest BCUT2D eigenvalue weighted by molar-refractivity contribution is 0.0940. The predicted octanol–water partition coefficient (Wildman–Crippen LogP) is 4.80. The fraction of sp³-hybridized carbons (Fsp3) is 0.235. The van der Waals surface area contributed by atoms with E-state index >= 15 is 0 Å². The van der Waals surface area contributed by atoms with E-state index in [0.717, 1.165) is 15.8 Å². The second-order valence-corrected chi connectivity index (χ2v) is 6.66. The lowest BCUT2D eigenvalue weighted by Crippen LogP contribution is -2.26. The second-order valence-electron chi connectivity index (χ2n) is 4.88. The molecule has 0 saturated heterocycles. The topological polar surface area (TPSA) is 29.1 Å². The molecule has 2 aromatic carbocycles. The van der Waals surface area contributed by atoms with Crippen molar-refractivity contribution in [3.63, 3.8) is 0 Å². The average Bonchev–Trinajstić information content (AvgIpc) is 2.49. The zero-order valence-electron chi connectivity index (χ0n) is 12.1. The van der Waals surface area contributed by atoms with E-state index < -0.39 is 0 Å². The first kappa shape index (κ1) is 16.1. The predicted molar refractivity (Wildman–Crippen MR) is 93.7 cm³/mol. The number of carbonyl (C=O) groups is 1. The minimum absolute atomic E-state index is 0.0172. The number of carbonyl (C=O) groups excluding carboxylic acids is 1. The van der Waals surface area contributed by atoms with Crippen LogP contribution in [0.15, 0.2) is 53.0 Å². The minimum Gasteiger partial charge on any atom is -0.346 e. The molecule has 0 unspecified atom stereocenters. The molecule has 0 aliphatic heterocycles. The molecule has 1 amide bonds. The standard InChI is InChI=1S/C17H18BrNOS/c1-12(14-7-9-16(18)10-8-14)19-17(20)15-5-3-13(4-6-15)11-21-2/h3-10,12H,11H2,1-2H3,(H,19,20)/t12-/m0/s1. The maximum absolute atomic E-state index is 12.2. The molecule has 1 N–H and O–H groups in total. The number of halogens is 1. The summed E-state index contributed by atoms with van der Waals surface area (Å²) in [7, 11) is 0. The molecular weight excluding hydrogens is 346 g/mol. The van der Waals surface area contributed by atoms with Gasteiger partial charge in [-0.1, -0.05) is 40.2 Å². The Labute approximate surface area is 138 Å². The van der Waals surface area contributed by atoms with Crippen LogP contribution in [0.1, 0.15) is 34.5 Å². The molecule has 2 nitrogen and oxygen atoms in total. The Kier molecular flexibility index (Phi) is 5.88. The number of hydrogen-bond donors (Lipinski definition) is 1. The monoisotopic (exact) mass is 363 g/mol. The number of amides is 1. The molecule has 1 atom stereocenters. The third-order valence-corrected chi connectivity index (χ3v) is 4.40. The molecule has 0 heterocycles. The fourth-order valence-electron chi connectivity index (χ4n) is 2.03. The Morgan fingerprint density at radius 3 is 2.33 bits per heavy atom. The second kappa shape index (κ2) is 7.66. The molecule has 0 aliphatic carbocycles. The maximum Gasteiger partial charge on any atom is 0.251 e. The van der Waals surface area contributed by atoms with Crippen LogP contribution >= 0.6 is 27.7 Å². The molecule has 2 aromatic rings. The van der Waals surface area contributed by atoms with Crippen LogP contribution in [0, 0.1) is 0 Å². The Morgan fingerprint density at radius 2 is 1.76 bits per heavy atom. The zero-order valence-corrected chi connectivity index (χ0v) is 14.5. The van der Waals surface area contributed by atoms with Crippen LogP contribution in [0.3, 0.4) is 0 Å². The largest absolute Gasteiger partial charge is 0.346 e. The first-order valence-electron chi connectivity index (χ1n) is 6.74. The van der Waals surface area contributed by atoms with Gasteiger partial charge in [0.2, 0.25) is 0 Å². The van der Waals surface area contributed by atoms with Crippen LogP contribution in [0.25, 0.3) is 0 Å². The summed E-state index contributed by atoms with van der Waals surface area (Å²) < 4.78 is 1.04. The van der Waals surface area contributed by atoms with Crippen LogP contribution in [-0.2, 0) is 5.75 Å². The van der Waals surface area contributed by atoms with Gasteiger partial charge in [0.05, 0.1) is 6.04 Å². The Hall–Kier alpha value is -1.26. The van der Waals surface area contributed by atoms with Crippen molar-refractivity contribution in [3.8, 4) is 0 Å². The molecular formula is C17H18BrNOS. The van der Waals surface area contributed by atoms with Gasteiger partial charge in [-0.25, -0.2) is 0 Å². The van der Waals surface area contributed by atoms with Gasteiger partial charge in [0.1, 0.15) is 0 Å². The smallest absolute Gasteiger partial charge is 0.251 e. The van der Waals surface area contributed by atoms with Gasteiger partial charge in [-0.15, -0.1) is 0 Å². The van der Waals surface area contributed by atoms with E-state index in [1.165, 1.54) is 5.56 Å². The van der Waals surface area contributed by atoms with Gasteiger partial charge < -0.3 is 5.32 Å². The van der Waals surface area contributed by atoms with Gasteiger partial charge in [0, 0.05) is 15.8 Å². The molecule has 0 fully saturated rings. The normalized spacial score (nSPS) is 12.0. The van der Waals surface area contributed by atoms with Crippen molar-refractivity contribution in [2.45, 2.75) is 18.7 Å². The Bertz CT molecular complexity index is 595. The highest BCUT2D eigenvalue weighted by molar-refractivity contribution is 9.10. The summed E-state index contributed by atoms with van der Waals surface area (Å²) in [5, 5.41) is 3.02. The molecule has 21 heavy (non-hydrogen) atoms. The molecule has 0 spiro atoms. The van der Waals surface area contributed by atoms with Crippen molar-refractivity contribution >= 4 is 33.6 Å². The van der Waals surface area contributed by atoms with Gasteiger partial charge in [0.25, 0.3) is 5.91 Å². The summed E-state index contributed by atoms with van der Waals surface area (Å²) in [5.74, 6) is 0.929. The van der Waals surface area contributed by atoms with Crippen LogP contribution in [0.5, 0.6) is 0 Å².